The number of hydrogen-bond donors (Lipinski definition) is 0. The van der Waals surface area contributed by atoms with Crippen molar-refractivity contribution in [2.45, 2.75) is 0 Å². The third-order valence-electron chi connectivity index (χ3n) is 10.1. The van der Waals surface area contributed by atoms with E-state index in [4.69, 9.17) is 0 Å². The third-order valence-corrected chi connectivity index (χ3v) is 20.2. The number of fused-ring (bicyclic) bond motifs is 3. The van der Waals surface area contributed by atoms with E-state index in [9.17, 15) is 0 Å². The molecule has 9 rings (SSSR count). The summed E-state index contributed by atoms with van der Waals surface area (Å²) in [5, 5.41) is 2.48. The number of rotatable bonds is 8. The second kappa shape index (κ2) is 13.3. The Bertz CT molecular complexity index is 2450. The Balaban J connectivity index is 1.23. The minimum atomic E-state index is -3.38. The summed E-state index contributed by atoms with van der Waals surface area (Å²) in [7, 11) is 0. The van der Waals surface area contributed by atoms with Crippen molar-refractivity contribution in [3.8, 4) is 5.69 Å². The molecular weight excluding hydrogens is 677 g/mol. The van der Waals surface area contributed by atoms with E-state index >= 15 is 0 Å². The van der Waals surface area contributed by atoms with E-state index in [1.165, 1.54) is 39.4 Å². The van der Waals surface area contributed by atoms with Crippen LogP contribution < -0.4 is 22.5 Å². The van der Waals surface area contributed by atoms with Gasteiger partial charge < -0.3 is 0 Å². The summed E-state index contributed by atoms with van der Waals surface area (Å²) in [5.41, 5.74) is 6.94. The Morgan fingerprint density at radius 1 is 0.314 bits per heavy atom. The molecule has 0 unspecified atom stereocenters. The van der Waals surface area contributed by atoms with Crippen molar-refractivity contribution < 1.29 is 0 Å². The van der Waals surface area contributed by atoms with Crippen LogP contribution >= 0.6 is 0 Å². The van der Waals surface area contributed by atoms with Gasteiger partial charge in [-0.05, 0) is 0 Å². The molecule has 9 aromatic rings. The van der Waals surface area contributed by atoms with Gasteiger partial charge in [-0.1, -0.05) is 18.2 Å². The van der Waals surface area contributed by atoms with E-state index < -0.39 is 13.3 Å². The summed E-state index contributed by atoms with van der Waals surface area (Å²) < 4.78 is 8.03. The van der Waals surface area contributed by atoms with Crippen molar-refractivity contribution in [1.82, 2.24) is 4.57 Å². The number of nitrogens with zero attached hydrogens (tertiary/aromatic N) is 2. The number of anilines is 3. The molecule has 242 valence electrons. The van der Waals surface area contributed by atoms with Gasteiger partial charge in [-0.3, -0.25) is 0 Å². The molecule has 0 bridgehead atoms. The van der Waals surface area contributed by atoms with Crippen molar-refractivity contribution in [1.29, 1.82) is 0 Å². The fourth-order valence-electron chi connectivity index (χ4n) is 7.90. The van der Waals surface area contributed by atoms with E-state index in [1.54, 1.807) is 0 Å². The van der Waals surface area contributed by atoms with Gasteiger partial charge in [0.25, 0.3) is 0 Å². The molecular formula is C48H36GeN2. The van der Waals surface area contributed by atoms with Crippen LogP contribution in [-0.2, 0) is 0 Å². The first kappa shape index (κ1) is 30.9. The molecule has 0 aliphatic rings. The first-order valence-electron chi connectivity index (χ1n) is 17.5. The normalized spacial score (nSPS) is 11.5. The Kier molecular flexibility index (Phi) is 8.07. The van der Waals surface area contributed by atoms with Gasteiger partial charge in [0, 0.05) is 0 Å². The van der Waals surface area contributed by atoms with Crippen LogP contribution in [0.1, 0.15) is 0 Å². The van der Waals surface area contributed by atoms with Gasteiger partial charge in [0.2, 0.25) is 0 Å². The molecule has 0 fully saturated rings. The van der Waals surface area contributed by atoms with Gasteiger partial charge in [-0.25, -0.2) is 0 Å². The third kappa shape index (κ3) is 5.36. The maximum absolute atomic E-state index is 3.38. The number of aromatic nitrogens is 1. The topological polar surface area (TPSA) is 8.17 Å². The predicted octanol–water partition coefficient (Wildman–Crippen LogP) is 9.63. The van der Waals surface area contributed by atoms with Gasteiger partial charge in [-0.2, -0.15) is 0 Å². The van der Waals surface area contributed by atoms with Crippen LogP contribution in [0.25, 0.3) is 27.5 Å². The standard InChI is InChI=1S/C48H36GeN2/c1-6-18-37(19-7-1)49(38-20-8-2-9-21-38,39-22-10-3-11-23-39)40-30-32-43(33-31-40)50(41-24-12-4-13-25-41)44-34-35-48-46(36-44)45-28-16-17-29-47(45)51(48)42-26-14-5-15-27-42/h1-36H. The average molecular weight is 713 g/mol. The van der Waals surface area contributed by atoms with E-state index in [0.717, 1.165) is 22.7 Å². The summed E-state index contributed by atoms with van der Waals surface area (Å²) in [6.45, 7) is 0. The first-order valence-corrected chi connectivity index (χ1v) is 21.7. The molecule has 0 spiro atoms. The molecule has 8 aromatic carbocycles. The van der Waals surface area contributed by atoms with Crippen molar-refractivity contribution in [2.75, 3.05) is 4.90 Å². The number of hydrogen-bond acceptors (Lipinski definition) is 1. The number of para-hydroxylation sites is 3. The Morgan fingerprint density at radius 2 is 0.725 bits per heavy atom. The van der Waals surface area contributed by atoms with E-state index in [1.807, 2.05) is 0 Å². The van der Waals surface area contributed by atoms with Crippen LogP contribution in [0.3, 0.4) is 0 Å². The molecule has 0 saturated heterocycles. The van der Waals surface area contributed by atoms with Crippen LogP contribution in [0.5, 0.6) is 0 Å². The predicted molar refractivity (Wildman–Crippen MR) is 219 cm³/mol. The molecule has 3 heteroatoms. The van der Waals surface area contributed by atoms with Crippen LogP contribution in [0, 0.1) is 0 Å². The van der Waals surface area contributed by atoms with Crippen molar-refractivity contribution >= 4 is 69.7 Å². The summed E-state index contributed by atoms with van der Waals surface area (Å²) in [6, 6.07) is 80.0. The Labute approximate surface area is 301 Å². The Hall–Kier alpha value is -6.10. The summed E-state index contributed by atoms with van der Waals surface area (Å²) in [6.07, 6.45) is 0. The zero-order valence-corrected chi connectivity index (χ0v) is 30.3. The Morgan fingerprint density at radius 3 is 1.29 bits per heavy atom. The van der Waals surface area contributed by atoms with E-state index in [-0.39, 0.29) is 0 Å². The monoisotopic (exact) mass is 714 g/mol. The molecule has 51 heavy (non-hydrogen) atoms. The van der Waals surface area contributed by atoms with Crippen LogP contribution in [0.4, 0.5) is 17.1 Å². The molecule has 2 nitrogen and oxygen atoms in total. The van der Waals surface area contributed by atoms with Gasteiger partial charge in [0.05, 0.1) is 0 Å². The van der Waals surface area contributed by atoms with Crippen molar-refractivity contribution in [3.63, 3.8) is 0 Å². The minimum absolute atomic E-state index is 1.12. The molecule has 1 aromatic heterocycles. The van der Waals surface area contributed by atoms with Gasteiger partial charge in [0.15, 0.2) is 0 Å². The molecule has 0 atom stereocenters. The van der Waals surface area contributed by atoms with Crippen LogP contribution in [0.2, 0.25) is 0 Å². The quantitative estimate of drug-likeness (QED) is 0.143. The molecule has 0 aliphatic heterocycles. The second-order valence-electron chi connectivity index (χ2n) is 13.0. The molecule has 0 saturated carbocycles. The molecule has 0 N–H and O–H groups in total. The van der Waals surface area contributed by atoms with Gasteiger partial charge in [0.1, 0.15) is 0 Å². The van der Waals surface area contributed by atoms with Crippen LogP contribution in [-0.4, -0.2) is 17.8 Å². The first-order chi connectivity index (χ1) is 25.3. The molecule has 0 aliphatic carbocycles. The van der Waals surface area contributed by atoms with Gasteiger partial charge in [-0.15, -0.1) is 0 Å². The zero-order chi connectivity index (χ0) is 34.0. The van der Waals surface area contributed by atoms with E-state index in [0.29, 0.717) is 0 Å². The summed E-state index contributed by atoms with van der Waals surface area (Å²) in [5.74, 6) is 0. The van der Waals surface area contributed by atoms with E-state index in [2.05, 4.69) is 228 Å². The summed E-state index contributed by atoms with van der Waals surface area (Å²) >= 11 is -3.38. The second-order valence-corrected chi connectivity index (χ2v) is 20.9. The molecule has 1 heterocycles. The fourth-order valence-corrected chi connectivity index (χ4v) is 17.9. The zero-order valence-electron chi connectivity index (χ0n) is 28.2. The summed E-state index contributed by atoms with van der Waals surface area (Å²) in [4.78, 5) is 2.39. The maximum atomic E-state index is 2.40. The van der Waals surface area contributed by atoms with Gasteiger partial charge >= 0.3 is 285 Å². The average Bonchev–Trinajstić information content (AvgIpc) is 3.55. The molecule has 0 radical (unpaired) electrons. The fraction of sp³-hybridized carbons (Fsp3) is 0. The SMILES string of the molecule is c1ccc(N(c2cc[c]([Ge]([c]3ccccc3)([c]3ccccc3)[c]3ccccc3)cc2)c2ccc3c(c2)c2ccccc2n3-c2ccccc2)cc1. The molecule has 0 amide bonds. The number of benzene rings is 8. The van der Waals surface area contributed by atoms with Crippen molar-refractivity contribution in [3.05, 3.63) is 218 Å². The van der Waals surface area contributed by atoms with Crippen molar-refractivity contribution in [2.24, 2.45) is 0 Å². The van der Waals surface area contributed by atoms with Crippen LogP contribution in [0.15, 0.2) is 218 Å².